The Labute approximate surface area is 183 Å². The Morgan fingerprint density at radius 2 is 2.03 bits per heavy atom. The van der Waals surface area contributed by atoms with E-state index < -0.39 is 5.41 Å². The van der Waals surface area contributed by atoms with Gasteiger partial charge in [-0.3, -0.25) is 9.59 Å². The molecule has 7 heteroatoms. The number of piperidine rings is 2. The number of rotatable bonds is 5. The van der Waals surface area contributed by atoms with E-state index in [2.05, 4.69) is 16.6 Å². The van der Waals surface area contributed by atoms with E-state index in [0.29, 0.717) is 19.1 Å². The SMILES string of the molecule is CCc1cc(CN2CCC[C@@]3(CCCN(C(=O)c4cccn4C4CC4)[C@H]3C)C2=O)on1. The molecule has 2 saturated heterocycles. The van der Waals surface area contributed by atoms with Gasteiger partial charge in [-0.15, -0.1) is 0 Å². The number of carbonyl (C=O) groups is 2. The maximum absolute atomic E-state index is 13.8. The summed E-state index contributed by atoms with van der Waals surface area (Å²) in [4.78, 5) is 31.2. The van der Waals surface area contributed by atoms with Crippen LogP contribution in [0.2, 0.25) is 0 Å². The number of likely N-dealkylation sites (tertiary alicyclic amines) is 2. The molecule has 7 nitrogen and oxygen atoms in total. The van der Waals surface area contributed by atoms with Crippen LogP contribution in [0.4, 0.5) is 0 Å². The molecule has 0 N–H and O–H groups in total. The van der Waals surface area contributed by atoms with Crippen LogP contribution in [-0.2, 0) is 17.8 Å². The van der Waals surface area contributed by atoms with Crippen LogP contribution in [0.5, 0.6) is 0 Å². The summed E-state index contributed by atoms with van der Waals surface area (Å²) in [5, 5.41) is 4.07. The van der Waals surface area contributed by atoms with Crippen LogP contribution in [0.15, 0.2) is 28.9 Å². The zero-order chi connectivity index (χ0) is 21.6. The average Bonchev–Trinajstić information content (AvgIpc) is 3.32. The number of carbonyl (C=O) groups excluding carboxylic acids is 2. The zero-order valence-electron chi connectivity index (χ0n) is 18.5. The number of aromatic nitrogens is 2. The van der Waals surface area contributed by atoms with Crippen LogP contribution in [0, 0.1) is 5.41 Å². The molecule has 3 fully saturated rings. The Balaban J connectivity index is 1.37. The van der Waals surface area contributed by atoms with E-state index >= 15 is 0 Å². The molecule has 31 heavy (non-hydrogen) atoms. The highest BCUT2D eigenvalue weighted by molar-refractivity contribution is 5.94. The highest BCUT2D eigenvalue weighted by atomic mass is 16.5. The van der Waals surface area contributed by atoms with Crippen LogP contribution in [0.1, 0.15) is 80.4 Å². The van der Waals surface area contributed by atoms with Gasteiger partial charge in [-0.05, 0) is 64.0 Å². The van der Waals surface area contributed by atoms with Crippen molar-refractivity contribution in [3.63, 3.8) is 0 Å². The summed E-state index contributed by atoms with van der Waals surface area (Å²) in [6, 6.07) is 6.18. The van der Waals surface area contributed by atoms with E-state index in [4.69, 9.17) is 4.52 Å². The van der Waals surface area contributed by atoms with E-state index in [1.165, 1.54) is 0 Å². The van der Waals surface area contributed by atoms with Gasteiger partial charge in [-0.2, -0.15) is 0 Å². The van der Waals surface area contributed by atoms with E-state index in [9.17, 15) is 9.59 Å². The van der Waals surface area contributed by atoms with Gasteiger partial charge in [0, 0.05) is 37.4 Å². The van der Waals surface area contributed by atoms with Gasteiger partial charge >= 0.3 is 0 Å². The Hall–Kier alpha value is -2.57. The van der Waals surface area contributed by atoms with Gasteiger partial charge in [0.25, 0.3) is 5.91 Å². The molecule has 0 bridgehead atoms. The first-order chi connectivity index (χ1) is 15.0. The minimum absolute atomic E-state index is 0.0659. The monoisotopic (exact) mass is 424 g/mol. The molecule has 2 amide bonds. The van der Waals surface area contributed by atoms with Gasteiger partial charge in [-0.25, -0.2) is 0 Å². The minimum atomic E-state index is -0.503. The van der Waals surface area contributed by atoms with Crippen LogP contribution >= 0.6 is 0 Å². The van der Waals surface area contributed by atoms with E-state index in [0.717, 1.165) is 68.6 Å². The Kier molecular flexibility index (Phi) is 5.15. The minimum Gasteiger partial charge on any atom is -0.359 e. The molecule has 5 rings (SSSR count). The second-order valence-electron chi connectivity index (χ2n) is 9.43. The number of hydrogen-bond acceptors (Lipinski definition) is 4. The van der Waals surface area contributed by atoms with Gasteiger partial charge in [0.2, 0.25) is 5.91 Å². The Morgan fingerprint density at radius 1 is 1.26 bits per heavy atom. The van der Waals surface area contributed by atoms with Crippen molar-refractivity contribution in [3.05, 3.63) is 41.5 Å². The third-order valence-corrected chi connectivity index (χ3v) is 7.57. The second-order valence-corrected chi connectivity index (χ2v) is 9.43. The lowest BCUT2D eigenvalue weighted by Gasteiger charge is -2.51. The molecule has 1 saturated carbocycles. The normalized spacial score (nSPS) is 26.6. The second kappa shape index (κ2) is 7.84. The molecule has 0 aromatic carbocycles. The highest BCUT2D eigenvalue weighted by Crippen LogP contribution is 2.45. The van der Waals surface area contributed by atoms with Crippen molar-refractivity contribution in [2.75, 3.05) is 13.1 Å². The molecule has 0 unspecified atom stereocenters. The molecule has 2 aliphatic heterocycles. The van der Waals surface area contributed by atoms with Gasteiger partial charge in [0.05, 0.1) is 17.7 Å². The van der Waals surface area contributed by atoms with Crippen LogP contribution < -0.4 is 0 Å². The largest absolute Gasteiger partial charge is 0.359 e. The summed E-state index contributed by atoms with van der Waals surface area (Å²) >= 11 is 0. The molecule has 1 spiro atoms. The fraction of sp³-hybridized carbons (Fsp3) is 0.625. The zero-order valence-corrected chi connectivity index (χ0v) is 18.5. The predicted molar refractivity (Wildman–Crippen MR) is 115 cm³/mol. The number of hydrogen-bond donors (Lipinski definition) is 0. The van der Waals surface area contributed by atoms with Gasteiger partial charge in [0.1, 0.15) is 5.69 Å². The lowest BCUT2D eigenvalue weighted by atomic mass is 9.67. The maximum atomic E-state index is 13.8. The van der Waals surface area contributed by atoms with Crippen molar-refractivity contribution in [1.82, 2.24) is 19.5 Å². The molecular formula is C24H32N4O3. The van der Waals surface area contributed by atoms with Gasteiger partial charge < -0.3 is 18.9 Å². The summed E-state index contributed by atoms with van der Waals surface area (Å²) in [5.74, 6) is 0.966. The van der Waals surface area contributed by atoms with Crippen molar-refractivity contribution in [2.24, 2.45) is 5.41 Å². The molecular weight excluding hydrogens is 392 g/mol. The fourth-order valence-electron chi connectivity index (χ4n) is 5.60. The van der Waals surface area contributed by atoms with Crippen LogP contribution in [-0.4, -0.2) is 50.5 Å². The third kappa shape index (κ3) is 3.48. The molecule has 2 aromatic heterocycles. The standard InChI is InChI=1S/C24H32N4O3/c1-3-18-15-20(31-25-18)16-26-12-5-10-24(23(26)30)11-6-14-27(17(24)2)22(29)21-7-4-13-28(21)19-8-9-19/h4,7,13,15,17,19H,3,5-6,8-12,14,16H2,1-2H3/t17-,24-/m0/s1. The quantitative estimate of drug-likeness (QED) is 0.732. The molecule has 3 aliphatic rings. The van der Waals surface area contributed by atoms with Crippen molar-refractivity contribution in [2.45, 2.75) is 77.4 Å². The van der Waals surface area contributed by atoms with Crippen LogP contribution in [0.3, 0.4) is 0 Å². The summed E-state index contributed by atoms with van der Waals surface area (Å²) in [5.41, 5.74) is 1.17. The van der Waals surface area contributed by atoms with Gasteiger partial charge in [-0.1, -0.05) is 12.1 Å². The number of aryl methyl sites for hydroxylation is 1. The molecule has 2 atom stereocenters. The van der Waals surface area contributed by atoms with Crippen molar-refractivity contribution < 1.29 is 14.1 Å². The Morgan fingerprint density at radius 3 is 2.74 bits per heavy atom. The number of nitrogens with zero attached hydrogens (tertiary/aromatic N) is 4. The number of amides is 2. The molecule has 2 aromatic rings. The van der Waals surface area contributed by atoms with E-state index in [1.54, 1.807) is 0 Å². The fourth-order valence-corrected chi connectivity index (χ4v) is 5.60. The van der Waals surface area contributed by atoms with E-state index in [-0.39, 0.29) is 17.9 Å². The van der Waals surface area contributed by atoms with E-state index in [1.807, 2.05) is 41.1 Å². The molecule has 1 aliphatic carbocycles. The molecule has 166 valence electrons. The molecule has 0 radical (unpaired) electrons. The Bertz CT molecular complexity index is 971. The maximum Gasteiger partial charge on any atom is 0.270 e. The third-order valence-electron chi connectivity index (χ3n) is 7.57. The first kappa shape index (κ1) is 20.3. The van der Waals surface area contributed by atoms with Crippen LogP contribution in [0.25, 0.3) is 0 Å². The molecule has 4 heterocycles. The van der Waals surface area contributed by atoms with Crippen molar-refractivity contribution in [1.29, 1.82) is 0 Å². The first-order valence-corrected chi connectivity index (χ1v) is 11.7. The first-order valence-electron chi connectivity index (χ1n) is 11.7. The van der Waals surface area contributed by atoms with Crippen molar-refractivity contribution in [3.8, 4) is 0 Å². The highest BCUT2D eigenvalue weighted by Gasteiger charge is 2.52. The lowest BCUT2D eigenvalue weighted by molar-refractivity contribution is -0.154. The van der Waals surface area contributed by atoms with Gasteiger partial charge in [0.15, 0.2) is 5.76 Å². The summed E-state index contributed by atoms with van der Waals surface area (Å²) in [6.07, 6.45) is 8.61. The lowest BCUT2D eigenvalue weighted by Crippen LogP contribution is -2.61. The summed E-state index contributed by atoms with van der Waals surface area (Å²) in [6.45, 7) is 6.02. The summed E-state index contributed by atoms with van der Waals surface area (Å²) in [7, 11) is 0. The van der Waals surface area contributed by atoms with Crippen molar-refractivity contribution >= 4 is 11.8 Å². The summed E-state index contributed by atoms with van der Waals surface area (Å²) < 4.78 is 7.57. The topological polar surface area (TPSA) is 71.6 Å². The predicted octanol–water partition coefficient (Wildman–Crippen LogP) is 3.81. The smallest absolute Gasteiger partial charge is 0.270 e. The average molecular weight is 425 g/mol.